The van der Waals surface area contributed by atoms with E-state index in [0.717, 1.165) is 32.4 Å². The summed E-state index contributed by atoms with van der Waals surface area (Å²) < 4.78 is 0. The number of nitrogens with zero attached hydrogens (tertiary/aromatic N) is 2. The molecule has 2 aliphatic rings. The Labute approximate surface area is 132 Å². The lowest BCUT2D eigenvalue weighted by atomic mass is 9.99. The van der Waals surface area contributed by atoms with E-state index in [2.05, 4.69) is 16.8 Å². The summed E-state index contributed by atoms with van der Waals surface area (Å²) in [5.74, 6) is 0.588. The summed E-state index contributed by atoms with van der Waals surface area (Å²) in [6, 6.07) is 0.193. The maximum atomic E-state index is 12.3. The Morgan fingerprint density at radius 1 is 1.23 bits per heavy atom. The van der Waals surface area contributed by atoms with Gasteiger partial charge in [0, 0.05) is 45.2 Å². The van der Waals surface area contributed by atoms with E-state index in [9.17, 15) is 9.59 Å². The number of hydrogen-bond acceptors (Lipinski definition) is 4. The number of piperazine rings is 1. The fourth-order valence-electron chi connectivity index (χ4n) is 3.27. The molecule has 1 saturated carbocycles. The second-order valence-corrected chi connectivity index (χ2v) is 6.31. The number of amides is 2. The molecule has 3 N–H and O–H groups in total. The summed E-state index contributed by atoms with van der Waals surface area (Å²) in [5.41, 5.74) is 6.04. The van der Waals surface area contributed by atoms with E-state index in [0.29, 0.717) is 38.5 Å². The van der Waals surface area contributed by atoms with Crippen molar-refractivity contribution in [2.75, 3.05) is 39.3 Å². The number of carbonyl (C=O) groups is 2. The first-order valence-electron chi connectivity index (χ1n) is 8.23. The average molecular weight is 308 g/mol. The lowest BCUT2D eigenvalue weighted by molar-refractivity contribution is -0.134. The topological polar surface area (TPSA) is 78.7 Å². The van der Waals surface area contributed by atoms with Crippen LogP contribution in [-0.4, -0.2) is 66.9 Å². The second-order valence-electron chi connectivity index (χ2n) is 6.31. The molecule has 2 atom stereocenters. The molecule has 0 aromatic carbocycles. The van der Waals surface area contributed by atoms with Crippen LogP contribution in [0.4, 0.5) is 0 Å². The van der Waals surface area contributed by atoms with E-state index in [-0.39, 0.29) is 17.9 Å². The predicted octanol–water partition coefficient (Wildman–Crippen LogP) is -0.0497. The molecule has 6 heteroatoms. The van der Waals surface area contributed by atoms with Gasteiger partial charge in [0.1, 0.15) is 0 Å². The summed E-state index contributed by atoms with van der Waals surface area (Å²) in [6.07, 6.45) is 5.53. The number of carbonyl (C=O) groups excluding carboxylic acids is 2. The van der Waals surface area contributed by atoms with Gasteiger partial charge in [-0.3, -0.25) is 14.5 Å². The molecule has 0 spiro atoms. The summed E-state index contributed by atoms with van der Waals surface area (Å²) in [4.78, 5) is 28.0. The molecule has 2 fully saturated rings. The molecule has 0 aromatic rings. The summed E-state index contributed by atoms with van der Waals surface area (Å²) in [5, 5.41) is 2.77. The minimum absolute atomic E-state index is 0.0107. The van der Waals surface area contributed by atoms with Gasteiger partial charge in [0.25, 0.3) is 0 Å². The monoisotopic (exact) mass is 308 g/mol. The third-order valence-electron chi connectivity index (χ3n) is 4.69. The van der Waals surface area contributed by atoms with E-state index in [4.69, 9.17) is 5.73 Å². The van der Waals surface area contributed by atoms with E-state index in [1.807, 2.05) is 4.90 Å². The van der Waals surface area contributed by atoms with Crippen molar-refractivity contribution in [1.29, 1.82) is 0 Å². The van der Waals surface area contributed by atoms with Crippen LogP contribution in [-0.2, 0) is 9.59 Å². The Bertz CT molecular complexity index is 405. The molecule has 1 aliphatic heterocycles. The van der Waals surface area contributed by atoms with Crippen LogP contribution < -0.4 is 11.1 Å². The number of nitrogens with two attached hydrogens (primary N) is 1. The van der Waals surface area contributed by atoms with Crippen molar-refractivity contribution < 1.29 is 9.59 Å². The highest BCUT2D eigenvalue weighted by Crippen LogP contribution is 2.27. The minimum Gasteiger partial charge on any atom is -0.352 e. The van der Waals surface area contributed by atoms with Gasteiger partial charge in [-0.25, -0.2) is 0 Å². The highest BCUT2D eigenvalue weighted by atomic mass is 16.2. The zero-order chi connectivity index (χ0) is 15.9. The molecule has 1 aliphatic carbocycles. The van der Waals surface area contributed by atoms with Crippen LogP contribution in [0.25, 0.3) is 0 Å². The van der Waals surface area contributed by atoms with Gasteiger partial charge in [-0.15, -0.1) is 6.58 Å². The predicted molar refractivity (Wildman–Crippen MR) is 86.2 cm³/mol. The normalized spacial score (nSPS) is 26.0. The van der Waals surface area contributed by atoms with Crippen molar-refractivity contribution >= 4 is 11.8 Å². The van der Waals surface area contributed by atoms with Gasteiger partial charge >= 0.3 is 0 Å². The third-order valence-corrected chi connectivity index (χ3v) is 4.69. The van der Waals surface area contributed by atoms with Gasteiger partial charge in [-0.05, 0) is 18.8 Å². The van der Waals surface area contributed by atoms with Gasteiger partial charge < -0.3 is 16.0 Å². The summed E-state index contributed by atoms with van der Waals surface area (Å²) in [7, 11) is 0. The molecule has 1 heterocycles. The van der Waals surface area contributed by atoms with Crippen molar-refractivity contribution in [3.8, 4) is 0 Å². The Morgan fingerprint density at radius 2 is 1.95 bits per heavy atom. The molecule has 124 valence electrons. The molecule has 2 amide bonds. The van der Waals surface area contributed by atoms with Gasteiger partial charge in [0.2, 0.25) is 11.8 Å². The maximum Gasteiger partial charge on any atom is 0.234 e. The number of hydrogen-bond donors (Lipinski definition) is 2. The van der Waals surface area contributed by atoms with Crippen molar-refractivity contribution in [3.05, 3.63) is 12.7 Å². The first-order chi connectivity index (χ1) is 10.6. The Morgan fingerprint density at radius 3 is 2.55 bits per heavy atom. The molecular formula is C16H28N4O2. The van der Waals surface area contributed by atoms with Crippen molar-refractivity contribution in [1.82, 2.24) is 15.1 Å². The minimum atomic E-state index is 0.0107. The fourth-order valence-corrected chi connectivity index (χ4v) is 3.27. The smallest absolute Gasteiger partial charge is 0.234 e. The quantitative estimate of drug-likeness (QED) is 0.674. The van der Waals surface area contributed by atoms with Crippen LogP contribution in [0.1, 0.15) is 25.7 Å². The maximum absolute atomic E-state index is 12.3. The van der Waals surface area contributed by atoms with Gasteiger partial charge in [-0.1, -0.05) is 12.5 Å². The van der Waals surface area contributed by atoms with E-state index in [1.54, 1.807) is 6.08 Å². The van der Waals surface area contributed by atoms with E-state index < -0.39 is 0 Å². The Hall–Kier alpha value is -1.40. The zero-order valence-corrected chi connectivity index (χ0v) is 13.3. The standard InChI is InChI=1S/C16H28N4O2/c1-2-6-18-15(21)12-19-7-9-20(10-8-19)16(22)11-13-4-3-5-14(13)17/h2,13-14H,1,3-12,17H2,(H,18,21)/t13-,14+/m0/s1. The summed E-state index contributed by atoms with van der Waals surface area (Å²) >= 11 is 0. The molecule has 2 rings (SSSR count). The Kier molecular flexibility index (Phi) is 6.39. The molecule has 1 saturated heterocycles. The Balaban J connectivity index is 1.69. The van der Waals surface area contributed by atoms with E-state index >= 15 is 0 Å². The van der Waals surface area contributed by atoms with Gasteiger partial charge in [-0.2, -0.15) is 0 Å². The molecule has 0 aromatic heterocycles. The second kappa shape index (κ2) is 8.29. The lowest BCUT2D eigenvalue weighted by Gasteiger charge is -2.35. The van der Waals surface area contributed by atoms with Crippen LogP contribution >= 0.6 is 0 Å². The van der Waals surface area contributed by atoms with Crippen LogP contribution in [0, 0.1) is 5.92 Å². The van der Waals surface area contributed by atoms with Crippen LogP contribution in [0.3, 0.4) is 0 Å². The first-order valence-corrected chi connectivity index (χ1v) is 8.23. The van der Waals surface area contributed by atoms with E-state index in [1.165, 1.54) is 0 Å². The average Bonchev–Trinajstić information content (AvgIpc) is 2.91. The largest absolute Gasteiger partial charge is 0.352 e. The fraction of sp³-hybridized carbons (Fsp3) is 0.750. The SMILES string of the molecule is C=CCNC(=O)CN1CCN(C(=O)C[C@@H]2CCC[C@H]2N)CC1. The van der Waals surface area contributed by atoms with Gasteiger partial charge in [0.15, 0.2) is 0 Å². The zero-order valence-electron chi connectivity index (χ0n) is 13.3. The van der Waals surface area contributed by atoms with Crippen molar-refractivity contribution in [2.45, 2.75) is 31.7 Å². The first kappa shape index (κ1) is 17.0. The third kappa shape index (κ3) is 4.81. The number of rotatable bonds is 6. The molecule has 6 nitrogen and oxygen atoms in total. The highest BCUT2D eigenvalue weighted by Gasteiger charge is 2.29. The van der Waals surface area contributed by atoms with Crippen LogP contribution in [0.2, 0.25) is 0 Å². The molecule has 0 radical (unpaired) electrons. The van der Waals surface area contributed by atoms with Crippen LogP contribution in [0.15, 0.2) is 12.7 Å². The highest BCUT2D eigenvalue weighted by molar-refractivity contribution is 5.78. The lowest BCUT2D eigenvalue weighted by Crippen LogP contribution is -2.51. The molecular weight excluding hydrogens is 280 g/mol. The number of nitrogens with one attached hydrogen (secondary N) is 1. The molecule has 0 bridgehead atoms. The van der Waals surface area contributed by atoms with Crippen LogP contribution in [0.5, 0.6) is 0 Å². The van der Waals surface area contributed by atoms with Gasteiger partial charge in [0.05, 0.1) is 6.54 Å². The summed E-state index contributed by atoms with van der Waals surface area (Å²) in [6.45, 7) is 7.38. The van der Waals surface area contributed by atoms with Crippen molar-refractivity contribution in [3.63, 3.8) is 0 Å². The van der Waals surface area contributed by atoms with Crippen molar-refractivity contribution in [2.24, 2.45) is 11.7 Å². The molecule has 22 heavy (non-hydrogen) atoms. The molecule has 0 unspecified atom stereocenters.